The van der Waals surface area contributed by atoms with Crippen LogP contribution in [0.3, 0.4) is 0 Å². The van der Waals surface area contributed by atoms with Crippen molar-refractivity contribution < 1.29 is 22.8 Å². The number of benzene rings is 2. The Morgan fingerprint density at radius 1 is 1.09 bits per heavy atom. The summed E-state index contributed by atoms with van der Waals surface area (Å²) in [6, 6.07) is 14.5. The molecule has 0 saturated carbocycles. The molecule has 1 heterocycles. The number of anilines is 1. The Kier molecular flexibility index (Phi) is 8.31. The minimum absolute atomic E-state index is 0.235. The summed E-state index contributed by atoms with van der Waals surface area (Å²) in [4.78, 5) is 13.4. The van der Waals surface area contributed by atoms with Gasteiger partial charge in [-0.15, -0.1) is 0 Å². The van der Waals surface area contributed by atoms with Gasteiger partial charge in [0.15, 0.2) is 0 Å². The fourth-order valence-corrected chi connectivity index (χ4v) is 5.86. The molecule has 0 spiro atoms. The Morgan fingerprint density at radius 3 is 2.29 bits per heavy atom. The molecule has 2 aromatic carbocycles. The molecular formula is C25H30FN3O4S. The van der Waals surface area contributed by atoms with Gasteiger partial charge in [0.05, 0.1) is 11.8 Å². The van der Waals surface area contributed by atoms with Gasteiger partial charge in [-0.3, -0.25) is 10.0 Å². The van der Waals surface area contributed by atoms with Gasteiger partial charge in [0.2, 0.25) is 16.4 Å². The first kappa shape index (κ1) is 25.7. The fourth-order valence-electron chi connectivity index (χ4n) is 3.93. The van der Waals surface area contributed by atoms with Crippen molar-refractivity contribution in [2.24, 2.45) is 5.41 Å². The van der Waals surface area contributed by atoms with Gasteiger partial charge >= 0.3 is 0 Å². The van der Waals surface area contributed by atoms with Gasteiger partial charge in [-0.05, 0) is 41.8 Å². The normalized spacial score (nSPS) is 15.8. The summed E-state index contributed by atoms with van der Waals surface area (Å²) in [5.41, 5.74) is 0.871. The molecule has 3 rings (SSSR count). The SMILES string of the molecule is CC(C)(CC#Cc1ccccc1)C(CS(=O)(=O)N1CCN(c2ccc(F)cc2)CC1)N(O)C=O. The second-order valence-corrected chi connectivity index (χ2v) is 11.0. The zero-order chi connectivity index (χ0) is 24.8. The van der Waals surface area contributed by atoms with E-state index in [9.17, 15) is 22.8 Å². The van der Waals surface area contributed by atoms with E-state index in [0.29, 0.717) is 18.2 Å². The third kappa shape index (κ3) is 6.56. The summed E-state index contributed by atoms with van der Waals surface area (Å²) < 4.78 is 41.0. The van der Waals surface area contributed by atoms with Crippen LogP contribution in [-0.4, -0.2) is 67.4 Å². The van der Waals surface area contributed by atoms with Crippen LogP contribution in [0.5, 0.6) is 0 Å². The molecule has 1 amide bonds. The van der Waals surface area contributed by atoms with Gasteiger partial charge in [-0.1, -0.05) is 43.9 Å². The van der Waals surface area contributed by atoms with Crippen LogP contribution >= 0.6 is 0 Å². The first-order chi connectivity index (χ1) is 16.1. The third-order valence-electron chi connectivity index (χ3n) is 6.07. The Labute approximate surface area is 200 Å². The first-order valence-corrected chi connectivity index (χ1v) is 12.7. The molecule has 0 aromatic heterocycles. The van der Waals surface area contributed by atoms with Crippen molar-refractivity contribution in [2.45, 2.75) is 26.3 Å². The molecule has 1 aliphatic heterocycles. The molecule has 1 atom stereocenters. The van der Waals surface area contributed by atoms with E-state index < -0.39 is 27.2 Å². The lowest BCUT2D eigenvalue weighted by atomic mass is 9.82. The summed E-state index contributed by atoms with van der Waals surface area (Å²) in [5.74, 6) is 5.34. The predicted octanol–water partition coefficient (Wildman–Crippen LogP) is 2.96. The Morgan fingerprint density at radius 2 is 1.71 bits per heavy atom. The van der Waals surface area contributed by atoms with Gasteiger partial charge in [-0.2, -0.15) is 4.31 Å². The van der Waals surface area contributed by atoms with Gasteiger partial charge in [-0.25, -0.2) is 17.9 Å². The molecule has 182 valence electrons. The maximum absolute atomic E-state index is 13.2. The number of nitrogens with zero attached hydrogens (tertiary/aromatic N) is 3. The third-order valence-corrected chi connectivity index (χ3v) is 7.96. The van der Waals surface area contributed by atoms with Crippen LogP contribution in [0.15, 0.2) is 54.6 Å². The quantitative estimate of drug-likeness (QED) is 0.268. The highest BCUT2D eigenvalue weighted by Gasteiger charge is 2.39. The Balaban J connectivity index is 1.68. The molecule has 0 aliphatic carbocycles. The zero-order valence-electron chi connectivity index (χ0n) is 19.4. The van der Waals surface area contributed by atoms with Crippen LogP contribution in [0.4, 0.5) is 10.1 Å². The number of carbonyl (C=O) groups excluding carboxylic acids is 1. The molecule has 0 radical (unpaired) electrons. The fraction of sp³-hybridized carbons (Fsp3) is 0.400. The van der Waals surface area contributed by atoms with Crippen molar-refractivity contribution in [3.8, 4) is 11.8 Å². The minimum Gasteiger partial charge on any atom is -0.369 e. The number of hydrogen-bond acceptors (Lipinski definition) is 5. The Hall–Kier alpha value is -2.93. The van der Waals surface area contributed by atoms with E-state index in [1.54, 1.807) is 26.0 Å². The highest BCUT2D eigenvalue weighted by atomic mass is 32.2. The lowest BCUT2D eigenvalue weighted by Gasteiger charge is -2.39. The van der Waals surface area contributed by atoms with Crippen molar-refractivity contribution in [2.75, 3.05) is 36.8 Å². The van der Waals surface area contributed by atoms with Crippen LogP contribution < -0.4 is 4.90 Å². The largest absolute Gasteiger partial charge is 0.369 e. The van der Waals surface area contributed by atoms with Crippen LogP contribution in [0.1, 0.15) is 25.8 Å². The number of carbonyl (C=O) groups is 1. The average molecular weight is 488 g/mol. The molecule has 2 aromatic rings. The van der Waals surface area contributed by atoms with Gasteiger partial charge in [0.25, 0.3) is 0 Å². The van der Waals surface area contributed by atoms with E-state index in [2.05, 4.69) is 11.8 Å². The van der Waals surface area contributed by atoms with Crippen molar-refractivity contribution in [3.63, 3.8) is 0 Å². The number of halogens is 1. The van der Waals surface area contributed by atoms with E-state index in [1.165, 1.54) is 16.4 Å². The molecule has 34 heavy (non-hydrogen) atoms. The maximum atomic E-state index is 13.2. The number of hydrogen-bond donors (Lipinski definition) is 1. The summed E-state index contributed by atoms with van der Waals surface area (Å²) in [5, 5.41) is 10.7. The van der Waals surface area contributed by atoms with E-state index >= 15 is 0 Å². The standard InChI is InChI=1S/C25H30FN3O4S/c1-25(2,14-6-9-21-7-4-3-5-8-21)24(29(31)20-30)19-34(32,33)28-17-15-27(16-18-28)23-12-10-22(26)11-13-23/h3-5,7-8,10-13,20,24,31H,14-19H2,1-2H3. The number of hydroxylamine groups is 2. The smallest absolute Gasteiger partial charge is 0.233 e. The average Bonchev–Trinajstić information content (AvgIpc) is 2.83. The molecule has 1 fully saturated rings. The molecule has 1 saturated heterocycles. The molecule has 1 aliphatic rings. The lowest BCUT2D eigenvalue weighted by molar-refractivity contribution is -0.168. The zero-order valence-corrected chi connectivity index (χ0v) is 20.2. The first-order valence-electron chi connectivity index (χ1n) is 11.1. The van der Waals surface area contributed by atoms with Gasteiger partial charge in [0.1, 0.15) is 5.82 Å². The van der Waals surface area contributed by atoms with Crippen LogP contribution in [0.25, 0.3) is 0 Å². The topological polar surface area (TPSA) is 81.2 Å². The van der Waals surface area contributed by atoms with E-state index in [0.717, 1.165) is 11.3 Å². The summed E-state index contributed by atoms with van der Waals surface area (Å²) in [7, 11) is -3.77. The lowest BCUT2D eigenvalue weighted by Crippen LogP contribution is -2.54. The Bertz CT molecular complexity index is 1120. The number of sulfonamides is 1. The van der Waals surface area contributed by atoms with E-state index in [4.69, 9.17) is 0 Å². The van der Waals surface area contributed by atoms with Crippen LogP contribution in [0, 0.1) is 23.1 Å². The second kappa shape index (κ2) is 11.0. The van der Waals surface area contributed by atoms with E-state index in [-0.39, 0.29) is 31.7 Å². The highest BCUT2D eigenvalue weighted by Crippen LogP contribution is 2.30. The summed E-state index contributed by atoms with van der Waals surface area (Å²) >= 11 is 0. The van der Waals surface area contributed by atoms with Gasteiger partial charge < -0.3 is 4.90 Å². The molecule has 1 unspecified atom stereocenters. The van der Waals surface area contributed by atoms with Crippen molar-refractivity contribution in [1.82, 2.24) is 9.37 Å². The minimum atomic E-state index is -3.77. The van der Waals surface area contributed by atoms with Crippen molar-refractivity contribution in [1.29, 1.82) is 0 Å². The highest BCUT2D eigenvalue weighted by molar-refractivity contribution is 7.89. The maximum Gasteiger partial charge on any atom is 0.233 e. The molecule has 7 nitrogen and oxygen atoms in total. The van der Waals surface area contributed by atoms with E-state index in [1.807, 2.05) is 35.2 Å². The monoisotopic (exact) mass is 487 g/mol. The molecule has 0 bridgehead atoms. The van der Waals surface area contributed by atoms with Crippen molar-refractivity contribution >= 4 is 22.1 Å². The molecular weight excluding hydrogens is 457 g/mol. The summed E-state index contributed by atoms with van der Waals surface area (Å²) in [6.07, 6.45) is 0.518. The number of piperazine rings is 1. The molecule has 9 heteroatoms. The van der Waals surface area contributed by atoms with Gasteiger partial charge in [0, 0.05) is 43.9 Å². The van der Waals surface area contributed by atoms with Crippen LogP contribution in [0.2, 0.25) is 0 Å². The second-order valence-electron chi connectivity index (χ2n) is 8.98. The number of amides is 1. The summed E-state index contributed by atoms with van der Waals surface area (Å²) in [6.45, 7) is 4.99. The predicted molar refractivity (Wildman–Crippen MR) is 129 cm³/mol. The number of rotatable bonds is 8. The van der Waals surface area contributed by atoms with Crippen LogP contribution in [-0.2, 0) is 14.8 Å². The molecule has 1 N–H and O–H groups in total. The van der Waals surface area contributed by atoms with Crippen molar-refractivity contribution in [3.05, 3.63) is 66.0 Å².